The highest BCUT2D eigenvalue weighted by molar-refractivity contribution is 6.31. The van der Waals surface area contributed by atoms with E-state index in [1.807, 2.05) is 32.0 Å². The Hall–Kier alpha value is -2.53. The first-order chi connectivity index (χ1) is 11.5. The van der Waals surface area contributed by atoms with E-state index in [0.717, 1.165) is 0 Å². The maximum absolute atomic E-state index is 12.0. The minimum atomic E-state index is -0.0644. The van der Waals surface area contributed by atoms with Gasteiger partial charge in [0.15, 0.2) is 11.3 Å². The molecule has 0 aliphatic heterocycles. The molecule has 1 heterocycles. The van der Waals surface area contributed by atoms with Gasteiger partial charge in [0.05, 0.1) is 5.69 Å². The van der Waals surface area contributed by atoms with Crippen LogP contribution in [0.4, 0.5) is 5.69 Å². The molecule has 0 saturated carbocycles. The Balaban J connectivity index is 1.98. The number of hydrogen-bond acceptors (Lipinski definition) is 4. The summed E-state index contributed by atoms with van der Waals surface area (Å²) in [5, 5.41) is 0.563. The van der Waals surface area contributed by atoms with E-state index in [0.29, 0.717) is 27.6 Å². The van der Waals surface area contributed by atoms with Gasteiger partial charge >= 0.3 is 6.08 Å². The summed E-state index contributed by atoms with van der Waals surface area (Å²) in [6.45, 7) is 5.41. The Morgan fingerprint density at radius 1 is 1.25 bits per heavy atom. The fourth-order valence-corrected chi connectivity index (χ4v) is 2.73. The average molecular weight is 345 g/mol. The van der Waals surface area contributed by atoms with E-state index in [-0.39, 0.29) is 18.0 Å². The molecule has 0 saturated heterocycles. The summed E-state index contributed by atoms with van der Waals surface area (Å²) >= 11 is 5.95. The lowest BCUT2D eigenvalue weighted by molar-refractivity contribution is -0.116. The third-order valence-electron chi connectivity index (χ3n) is 3.51. The molecular weight excluding hydrogens is 328 g/mol. The van der Waals surface area contributed by atoms with Crippen LogP contribution in [0, 0.1) is 0 Å². The number of carbonyl (C=O) groups is 1. The van der Waals surface area contributed by atoms with Crippen LogP contribution in [0.5, 0.6) is 11.8 Å². The molecule has 0 atom stereocenters. The predicted octanol–water partition coefficient (Wildman–Crippen LogP) is 5.03. The number of aromatic nitrogens is 1. The van der Waals surface area contributed by atoms with Crippen molar-refractivity contribution in [2.75, 3.05) is 4.90 Å². The molecule has 0 unspecified atom stereocenters. The second-order valence-electron chi connectivity index (χ2n) is 5.64. The zero-order valence-electron chi connectivity index (χ0n) is 13.6. The summed E-state index contributed by atoms with van der Waals surface area (Å²) in [4.78, 5) is 17.9. The zero-order valence-corrected chi connectivity index (χ0v) is 14.4. The van der Waals surface area contributed by atoms with Crippen molar-refractivity contribution in [1.82, 2.24) is 4.98 Å². The Labute approximate surface area is 144 Å². The molecule has 0 aliphatic rings. The Bertz CT molecular complexity index is 889. The molecule has 3 rings (SSSR count). The molecule has 0 spiro atoms. The number of nitrogens with zero attached hydrogens (tertiary/aromatic N) is 2. The monoisotopic (exact) mass is 344 g/mol. The van der Waals surface area contributed by atoms with Gasteiger partial charge in [-0.25, -0.2) is 0 Å². The Morgan fingerprint density at radius 3 is 2.71 bits per heavy atom. The molecule has 124 valence electrons. The van der Waals surface area contributed by atoms with Crippen LogP contribution in [0.3, 0.4) is 0 Å². The van der Waals surface area contributed by atoms with Gasteiger partial charge in [-0.3, -0.25) is 4.79 Å². The Morgan fingerprint density at radius 2 is 2.00 bits per heavy atom. The second kappa shape index (κ2) is 6.53. The van der Waals surface area contributed by atoms with Crippen molar-refractivity contribution in [2.24, 2.45) is 0 Å². The number of carbonyl (C=O) groups excluding carboxylic acids is 1. The third kappa shape index (κ3) is 3.21. The summed E-state index contributed by atoms with van der Waals surface area (Å²) in [6, 6.07) is 12.5. The summed E-state index contributed by atoms with van der Waals surface area (Å²) < 4.78 is 11.4. The normalized spacial score (nSPS) is 11.0. The number of ether oxygens (including phenoxy) is 1. The number of fused-ring (bicyclic) bond motifs is 1. The number of oxazole rings is 1. The second-order valence-corrected chi connectivity index (χ2v) is 6.08. The van der Waals surface area contributed by atoms with E-state index in [9.17, 15) is 4.79 Å². The van der Waals surface area contributed by atoms with Gasteiger partial charge in [-0.15, -0.1) is 0 Å². The van der Waals surface area contributed by atoms with Crippen molar-refractivity contribution >= 4 is 34.3 Å². The molecule has 5 nitrogen and oxygen atoms in total. The van der Waals surface area contributed by atoms with E-state index in [2.05, 4.69) is 4.98 Å². The van der Waals surface area contributed by atoms with Crippen LogP contribution >= 0.6 is 11.6 Å². The molecule has 0 radical (unpaired) electrons. The highest BCUT2D eigenvalue weighted by atomic mass is 35.5. The highest BCUT2D eigenvalue weighted by Crippen LogP contribution is 2.34. The van der Waals surface area contributed by atoms with Gasteiger partial charge in [-0.05, 0) is 38.1 Å². The van der Waals surface area contributed by atoms with Crippen LogP contribution in [0.15, 0.2) is 46.9 Å². The number of benzene rings is 2. The predicted molar refractivity (Wildman–Crippen MR) is 93.8 cm³/mol. The smallest absolute Gasteiger partial charge is 0.400 e. The quantitative estimate of drug-likeness (QED) is 0.665. The average Bonchev–Trinajstić information content (AvgIpc) is 2.89. The molecule has 6 heteroatoms. The van der Waals surface area contributed by atoms with Crippen molar-refractivity contribution in [3.63, 3.8) is 0 Å². The highest BCUT2D eigenvalue weighted by Gasteiger charge is 2.20. The molecule has 24 heavy (non-hydrogen) atoms. The summed E-state index contributed by atoms with van der Waals surface area (Å²) in [7, 11) is 0. The number of anilines is 1. The van der Waals surface area contributed by atoms with E-state index in [1.165, 1.54) is 6.92 Å². The van der Waals surface area contributed by atoms with Crippen LogP contribution in [-0.4, -0.2) is 16.9 Å². The van der Waals surface area contributed by atoms with Crippen molar-refractivity contribution < 1.29 is 13.9 Å². The molecule has 0 fully saturated rings. The van der Waals surface area contributed by atoms with Crippen LogP contribution in [0.2, 0.25) is 5.02 Å². The number of amides is 1. The summed E-state index contributed by atoms with van der Waals surface area (Å²) in [6.07, 6.45) is 0.104. The topological polar surface area (TPSA) is 55.6 Å². The minimum Gasteiger partial charge on any atom is -0.409 e. The van der Waals surface area contributed by atoms with E-state index < -0.39 is 0 Å². The van der Waals surface area contributed by atoms with Crippen LogP contribution in [0.25, 0.3) is 11.1 Å². The number of hydrogen-bond donors (Lipinski definition) is 0. The molecule has 1 aromatic heterocycles. The molecule has 0 N–H and O–H groups in total. The van der Waals surface area contributed by atoms with E-state index in [1.54, 1.807) is 29.2 Å². The third-order valence-corrected chi connectivity index (χ3v) is 3.74. The number of rotatable bonds is 4. The van der Waals surface area contributed by atoms with Crippen molar-refractivity contribution in [2.45, 2.75) is 26.8 Å². The van der Waals surface area contributed by atoms with Gasteiger partial charge in [-0.1, -0.05) is 23.7 Å². The van der Waals surface area contributed by atoms with Crippen molar-refractivity contribution in [3.05, 3.63) is 47.5 Å². The first-order valence-electron chi connectivity index (χ1n) is 7.58. The minimum absolute atomic E-state index is 0.00492. The van der Waals surface area contributed by atoms with Crippen molar-refractivity contribution in [3.8, 4) is 11.8 Å². The van der Waals surface area contributed by atoms with E-state index in [4.69, 9.17) is 20.8 Å². The lowest BCUT2D eigenvalue weighted by atomic mass is 10.2. The van der Waals surface area contributed by atoms with Crippen LogP contribution in [0.1, 0.15) is 20.8 Å². The summed E-state index contributed by atoms with van der Waals surface area (Å²) in [5.41, 5.74) is 1.86. The van der Waals surface area contributed by atoms with Gasteiger partial charge in [0.25, 0.3) is 0 Å². The van der Waals surface area contributed by atoms with E-state index >= 15 is 0 Å². The molecule has 0 bridgehead atoms. The largest absolute Gasteiger partial charge is 0.409 e. The van der Waals surface area contributed by atoms with Gasteiger partial charge in [0.1, 0.15) is 5.52 Å². The van der Waals surface area contributed by atoms with Gasteiger partial charge in [0.2, 0.25) is 5.91 Å². The lowest BCUT2D eigenvalue weighted by Gasteiger charge is -2.26. The molecule has 3 aromatic rings. The fourth-order valence-electron chi connectivity index (χ4n) is 2.57. The standard InChI is InChI=1S/C18H17ClN2O3/c1-11(2)21(12(3)22)15-6-4-5-7-16(15)23-18-20-14-9-8-13(19)10-17(14)24-18/h4-11H,1-3H3. The zero-order chi connectivity index (χ0) is 17.3. The summed E-state index contributed by atoms with van der Waals surface area (Å²) in [5.74, 6) is 0.435. The number of para-hydroxylation sites is 2. The van der Waals surface area contributed by atoms with Gasteiger partial charge < -0.3 is 14.1 Å². The SMILES string of the molecule is CC(=O)N(c1ccccc1Oc1nc2ccc(Cl)cc2o1)C(C)C. The van der Waals surface area contributed by atoms with Crippen molar-refractivity contribution in [1.29, 1.82) is 0 Å². The van der Waals surface area contributed by atoms with Gasteiger partial charge in [0, 0.05) is 24.1 Å². The fraction of sp³-hybridized carbons (Fsp3) is 0.222. The van der Waals surface area contributed by atoms with Crippen LogP contribution < -0.4 is 9.64 Å². The maximum atomic E-state index is 12.0. The first kappa shape index (κ1) is 16.3. The molecular formula is C18H17ClN2O3. The van der Waals surface area contributed by atoms with Crippen LogP contribution in [-0.2, 0) is 4.79 Å². The number of halogens is 1. The van der Waals surface area contributed by atoms with Gasteiger partial charge in [-0.2, -0.15) is 4.98 Å². The maximum Gasteiger partial charge on any atom is 0.400 e. The molecule has 2 aromatic carbocycles. The first-order valence-corrected chi connectivity index (χ1v) is 7.96. The molecule has 1 amide bonds. The lowest BCUT2D eigenvalue weighted by Crippen LogP contribution is -2.35. The Kier molecular flexibility index (Phi) is 4.44. The molecule has 0 aliphatic carbocycles.